The lowest BCUT2D eigenvalue weighted by Gasteiger charge is -2.24. The first kappa shape index (κ1) is 18.0. The van der Waals surface area contributed by atoms with Gasteiger partial charge in [-0.15, -0.1) is 0 Å². The van der Waals surface area contributed by atoms with E-state index in [1.165, 1.54) is 0 Å². The Balaban J connectivity index is 1.60. The molecule has 27 heavy (non-hydrogen) atoms. The number of aliphatic hydroxyl groups is 1. The number of aliphatic hydroxyl groups excluding tert-OH is 1. The van der Waals surface area contributed by atoms with Crippen molar-refractivity contribution >= 4 is 22.5 Å². The molecule has 0 fully saturated rings. The molecule has 2 aromatic carbocycles. The van der Waals surface area contributed by atoms with Crippen LogP contribution in [0.4, 0.5) is 0 Å². The van der Waals surface area contributed by atoms with E-state index in [-0.39, 0.29) is 6.79 Å². The summed E-state index contributed by atoms with van der Waals surface area (Å²) in [6.45, 7) is 3.98. The van der Waals surface area contributed by atoms with Gasteiger partial charge in [-0.25, -0.2) is 0 Å². The molecule has 0 aliphatic carbocycles. The third-order valence-corrected chi connectivity index (χ3v) is 4.79. The molecular formula is C21H21ClN2O3. The van der Waals surface area contributed by atoms with E-state index in [1.54, 1.807) is 6.92 Å². The SMILES string of the molecule is C[C@H](O)CN(Cc1ccc2c(c1)OCO2)Cc1ccnc2ccc(Cl)cc12. The second kappa shape index (κ2) is 7.72. The molecule has 6 heteroatoms. The van der Waals surface area contributed by atoms with Gasteiger partial charge in [-0.3, -0.25) is 9.88 Å². The fourth-order valence-electron chi connectivity index (χ4n) is 3.41. The summed E-state index contributed by atoms with van der Waals surface area (Å²) < 4.78 is 10.9. The van der Waals surface area contributed by atoms with Crippen molar-refractivity contribution in [3.8, 4) is 11.5 Å². The van der Waals surface area contributed by atoms with Crippen LogP contribution in [0.15, 0.2) is 48.7 Å². The molecule has 4 rings (SSSR count). The van der Waals surface area contributed by atoms with Crippen LogP contribution in [-0.2, 0) is 13.1 Å². The van der Waals surface area contributed by atoms with E-state index in [0.29, 0.717) is 24.7 Å². The van der Waals surface area contributed by atoms with Gasteiger partial charge < -0.3 is 14.6 Å². The van der Waals surface area contributed by atoms with E-state index in [4.69, 9.17) is 21.1 Å². The Morgan fingerprint density at radius 3 is 2.81 bits per heavy atom. The first-order valence-electron chi connectivity index (χ1n) is 8.90. The first-order valence-corrected chi connectivity index (χ1v) is 9.28. The third-order valence-electron chi connectivity index (χ3n) is 4.55. The molecule has 1 N–H and O–H groups in total. The topological polar surface area (TPSA) is 54.8 Å². The van der Waals surface area contributed by atoms with Crippen molar-refractivity contribution in [2.24, 2.45) is 0 Å². The monoisotopic (exact) mass is 384 g/mol. The highest BCUT2D eigenvalue weighted by atomic mass is 35.5. The van der Waals surface area contributed by atoms with Crippen molar-refractivity contribution < 1.29 is 14.6 Å². The van der Waals surface area contributed by atoms with E-state index in [0.717, 1.165) is 33.5 Å². The number of halogens is 1. The van der Waals surface area contributed by atoms with Crippen molar-refractivity contribution in [2.75, 3.05) is 13.3 Å². The molecule has 0 unspecified atom stereocenters. The number of aromatic nitrogens is 1. The van der Waals surface area contributed by atoms with Gasteiger partial charge in [0.25, 0.3) is 0 Å². The molecule has 0 saturated carbocycles. The molecule has 0 amide bonds. The summed E-state index contributed by atoms with van der Waals surface area (Å²) in [5.41, 5.74) is 3.15. The van der Waals surface area contributed by atoms with Gasteiger partial charge in [0.15, 0.2) is 11.5 Å². The first-order chi connectivity index (χ1) is 13.1. The number of fused-ring (bicyclic) bond motifs is 2. The summed E-state index contributed by atoms with van der Waals surface area (Å²) in [4.78, 5) is 6.62. The van der Waals surface area contributed by atoms with Crippen molar-refractivity contribution in [3.05, 3.63) is 64.8 Å². The predicted octanol–water partition coefficient (Wildman–Crippen LogP) is 4.00. The Morgan fingerprint density at radius 1 is 1.11 bits per heavy atom. The zero-order valence-corrected chi connectivity index (χ0v) is 15.8. The molecule has 1 atom stereocenters. The van der Waals surface area contributed by atoms with Crippen LogP contribution >= 0.6 is 11.6 Å². The lowest BCUT2D eigenvalue weighted by Crippen LogP contribution is -2.30. The fraction of sp³-hybridized carbons (Fsp3) is 0.286. The molecule has 2 heterocycles. The number of hydrogen-bond acceptors (Lipinski definition) is 5. The van der Waals surface area contributed by atoms with E-state index in [2.05, 4.69) is 9.88 Å². The highest BCUT2D eigenvalue weighted by molar-refractivity contribution is 6.31. The van der Waals surface area contributed by atoms with E-state index >= 15 is 0 Å². The number of ether oxygens (including phenoxy) is 2. The standard InChI is InChI=1S/C21H21ClN2O3/c1-14(25)10-24(11-15-2-5-20-21(8-15)27-13-26-20)12-16-6-7-23-19-4-3-17(22)9-18(16)19/h2-9,14,25H,10-13H2,1H3/t14-/m0/s1. The van der Waals surface area contributed by atoms with Gasteiger partial charge in [0, 0.05) is 36.2 Å². The van der Waals surface area contributed by atoms with Crippen molar-refractivity contribution in [1.29, 1.82) is 0 Å². The molecule has 140 valence electrons. The van der Waals surface area contributed by atoms with E-state index in [9.17, 15) is 5.11 Å². The lowest BCUT2D eigenvalue weighted by atomic mass is 10.1. The minimum absolute atomic E-state index is 0.264. The maximum absolute atomic E-state index is 9.97. The van der Waals surface area contributed by atoms with Gasteiger partial charge in [0.2, 0.25) is 6.79 Å². The van der Waals surface area contributed by atoms with Crippen LogP contribution in [0.2, 0.25) is 5.02 Å². The van der Waals surface area contributed by atoms with E-state index < -0.39 is 6.10 Å². The normalized spacial score (nSPS) is 14.1. The van der Waals surface area contributed by atoms with Crippen LogP contribution in [0, 0.1) is 0 Å². The molecule has 0 saturated heterocycles. The zero-order valence-electron chi connectivity index (χ0n) is 15.1. The van der Waals surface area contributed by atoms with Crippen molar-refractivity contribution in [1.82, 2.24) is 9.88 Å². The van der Waals surface area contributed by atoms with Crippen LogP contribution in [0.1, 0.15) is 18.1 Å². The smallest absolute Gasteiger partial charge is 0.231 e. The number of nitrogens with zero attached hydrogens (tertiary/aromatic N) is 2. The molecule has 0 radical (unpaired) electrons. The summed E-state index contributed by atoms with van der Waals surface area (Å²) in [5, 5.41) is 11.7. The Labute approximate surface area is 163 Å². The number of hydrogen-bond donors (Lipinski definition) is 1. The lowest BCUT2D eigenvalue weighted by molar-refractivity contribution is 0.118. The zero-order chi connectivity index (χ0) is 18.8. The quantitative estimate of drug-likeness (QED) is 0.696. The highest BCUT2D eigenvalue weighted by Crippen LogP contribution is 2.33. The largest absolute Gasteiger partial charge is 0.454 e. The molecule has 5 nitrogen and oxygen atoms in total. The van der Waals surface area contributed by atoms with Crippen LogP contribution in [-0.4, -0.2) is 34.4 Å². The third kappa shape index (κ3) is 4.16. The Morgan fingerprint density at radius 2 is 1.96 bits per heavy atom. The number of rotatable bonds is 6. The summed E-state index contributed by atoms with van der Waals surface area (Å²) in [7, 11) is 0. The molecule has 0 spiro atoms. The molecule has 0 bridgehead atoms. The maximum Gasteiger partial charge on any atom is 0.231 e. The minimum Gasteiger partial charge on any atom is -0.454 e. The van der Waals surface area contributed by atoms with Gasteiger partial charge in [-0.1, -0.05) is 17.7 Å². The van der Waals surface area contributed by atoms with Crippen LogP contribution in [0.5, 0.6) is 11.5 Å². The Hall–Kier alpha value is -2.34. The molecule has 1 aliphatic heterocycles. The molecular weight excluding hydrogens is 364 g/mol. The Kier molecular flexibility index (Phi) is 5.16. The summed E-state index contributed by atoms with van der Waals surface area (Å²) in [5.74, 6) is 1.54. The molecule has 3 aromatic rings. The summed E-state index contributed by atoms with van der Waals surface area (Å²) in [6, 6.07) is 13.7. The second-order valence-corrected chi connectivity index (χ2v) is 7.27. The average Bonchev–Trinajstić information content (AvgIpc) is 3.09. The minimum atomic E-state index is -0.435. The van der Waals surface area contributed by atoms with Gasteiger partial charge >= 0.3 is 0 Å². The molecule has 1 aromatic heterocycles. The maximum atomic E-state index is 9.97. The van der Waals surface area contributed by atoms with Gasteiger partial charge in [-0.2, -0.15) is 0 Å². The van der Waals surface area contributed by atoms with Crippen LogP contribution in [0.3, 0.4) is 0 Å². The van der Waals surface area contributed by atoms with Gasteiger partial charge in [0.1, 0.15) is 0 Å². The number of pyridine rings is 1. The second-order valence-electron chi connectivity index (χ2n) is 6.84. The predicted molar refractivity (Wildman–Crippen MR) is 105 cm³/mol. The van der Waals surface area contributed by atoms with Crippen LogP contribution < -0.4 is 9.47 Å². The van der Waals surface area contributed by atoms with Crippen molar-refractivity contribution in [3.63, 3.8) is 0 Å². The Bertz CT molecular complexity index is 961. The summed E-state index contributed by atoms with van der Waals surface area (Å²) >= 11 is 6.19. The average molecular weight is 385 g/mol. The summed E-state index contributed by atoms with van der Waals surface area (Å²) in [6.07, 6.45) is 1.38. The van der Waals surface area contributed by atoms with E-state index in [1.807, 2.05) is 48.7 Å². The van der Waals surface area contributed by atoms with Gasteiger partial charge in [-0.05, 0) is 54.4 Å². The van der Waals surface area contributed by atoms with Crippen molar-refractivity contribution in [2.45, 2.75) is 26.1 Å². The van der Waals surface area contributed by atoms with Crippen LogP contribution in [0.25, 0.3) is 10.9 Å². The number of benzene rings is 2. The van der Waals surface area contributed by atoms with Gasteiger partial charge in [0.05, 0.1) is 11.6 Å². The molecule has 1 aliphatic rings. The fourth-order valence-corrected chi connectivity index (χ4v) is 3.58. The highest BCUT2D eigenvalue weighted by Gasteiger charge is 2.16.